The second kappa shape index (κ2) is 7.82. The molecule has 1 aromatic carbocycles. The van der Waals surface area contributed by atoms with Crippen molar-refractivity contribution in [1.29, 1.82) is 0 Å². The molecule has 0 spiro atoms. The molecule has 2 aromatic rings. The van der Waals surface area contributed by atoms with Gasteiger partial charge < -0.3 is 15.1 Å². The fraction of sp³-hybridized carbons (Fsp3) is 0.450. The molecule has 1 atom stereocenters. The van der Waals surface area contributed by atoms with Gasteiger partial charge in [-0.05, 0) is 44.0 Å². The van der Waals surface area contributed by atoms with Gasteiger partial charge in [0.25, 0.3) is 0 Å². The maximum Gasteiger partial charge on any atom is 0.317 e. The Balaban J connectivity index is 1.63. The first-order valence-electron chi connectivity index (χ1n) is 9.21. The molecule has 3 rings (SSSR count). The number of rotatable bonds is 4. The van der Waals surface area contributed by atoms with Crippen molar-refractivity contribution in [3.63, 3.8) is 0 Å². The molecule has 2 heterocycles. The monoisotopic (exact) mass is 369 g/mol. The molecular weight excluding hydrogens is 342 g/mol. The zero-order valence-corrected chi connectivity index (χ0v) is 16.4. The number of benzene rings is 1. The highest BCUT2D eigenvalue weighted by molar-refractivity contribution is 5.78. The normalized spacial score (nSPS) is 17.1. The van der Waals surface area contributed by atoms with Crippen LogP contribution in [0.1, 0.15) is 29.8 Å². The summed E-state index contributed by atoms with van der Waals surface area (Å²) in [4.78, 5) is 27.4. The molecule has 1 N–H and O–H groups in total. The van der Waals surface area contributed by atoms with Gasteiger partial charge in [0.15, 0.2) is 0 Å². The molecule has 1 aliphatic rings. The second-order valence-corrected chi connectivity index (χ2v) is 7.32. The van der Waals surface area contributed by atoms with Gasteiger partial charge in [-0.25, -0.2) is 9.48 Å². The number of aryl methyl sites for hydroxylation is 2. The molecule has 7 heteroatoms. The van der Waals surface area contributed by atoms with E-state index in [1.807, 2.05) is 42.8 Å². The van der Waals surface area contributed by atoms with Crippen molar-refractivity contribution < 1.29 is 9.59 Å². The Morgan fingerprint density at radius 1 is 1.33 bits per heavy atom. The zero-order chi connectivity index (χ0) is 19.6. The summed E-state index contributed by atoms with van der Waals surface area (Å²) in [7, 11) is 3.55. The van der Waals surface area contributed by atoms with Gasteiger partial charge in [-0.15, -0.1) is 0 Å². The van der Waals surface area contributed by atoms with Gasteiger partial charge in [0.2, 0.25) is 5.91 Å². The molecule has 0 unspecified atom stereocenters. The Labute approximate surface area is 159 Å². The molecule has 7 nitrogen and oxygen atoms in total. The number of urea groups is 1. The van der Waals surface area contributed by atoms with E-state index in [0.29, 0.717) is 25.9 Å². The van der Waals surface area contributed by atoms with E-state index in [1.165, 1.54) is 0 Å². The van der Waals surface area contributed by atoms with Crippen LogP contribution in [-0.2, 0) is 11.3 Å². The first-order valence-corrected chi connectivity index (χ1v) is 9.21. The third-order valence-electron chi connectivity index (χ3n) is 4.89. The Bertz CT molecular complexity index is 845. The Morgan fingerprint density at radius 2 is 2.11 bits per heavy atom. The summed E-state index contributed by atoms with van der Waals surface area (Å²) in [5.74, 6) is 0.134. The van der Waals surface area contributed by atoms with Crippen LogP contribution in [0.4, 0.5) is 4.79 Å². The minimum Gasteiger partial charge on any atom is -0.344 e. The number of amides is 3. The Morgan fingerprint density at radius 3 is 2.78 bits per heavy atom. The van der Waals surface area contributed by atoms with E-state index in [1.54, 1.807) is 23.9 Å². The first kappa shape index (κ1) is 18.9. The number of likely N-dealkylation sites (N-methyl/N-ethyl adjacent to an activating group) is 1. The van der Waals surface area contributed by atoms with Crippen LogP contribution in [0, 0.1) is 13.8 Å². The van der Waals surface area contributed by atoms with Crippen LogP contribution in [0.5, 0.6) is 0 Å². The van der Waals surface area contributed by atoms with E-state index in [9.17, 15) is 9.59 Å². The van der Waals surface area contributed by atoms with Gasteiger partial charge in [-0.3, -0.25) is 4.79 Å². The number of hydrogen-bond donors (Lipinski definition) is 1. The maximum atomic E-state index is 12.5. The van der Waals surface area contributed by atoms with Gasteiger partial charge in [-0.1, -0.05) is 12.1 Å². The molecule has 1 saturated heterocycles. The summed E-state index contributed by atoms with van der Waals surface area (Å²) >= 11 is 0. The average Bonchev–Trinajstić information content (AvgIpc) is 2.96. The number of nitrogens with one attached hydrogen (secondary N) is 1. The summed E-state index contributed by atoms with van der Waals surface area (Å²) in [5, 5.41) is 7.54. The van der Waals surface area contributed by atoms with Crippen molar-refractivity contribution in [1.82, 2.24) is 24.9 Å². The molecule has 3 amide bonds. The van der Waals surface area contributed by atoms with Gasteiger partial charge >= 0.3 is 6.03 Å². The topological polar surface area (TPSA) is 70.5 Å². The predicted octanol–water partition coefficient (Wildman–Crippen LogP) is 2.25. The second-order valence-electron chi connectivity index (χ2n) is 7.32. The number of piperidine rings is 1. The van der Waals surface area contributed by atoms with Crippen molar-refractivity contribution in [2.75, 3.05) is 20.6 Å². The van der Waals surface area contributed by atoms with Crippen LogP contribution >= 0.6 is 0 Å². The quantitative estimate of drug-likeness (QED) is 0.899. The lowest BCUT2D eigenvalue weighted by Crippen LogP contribution is -2.51. The molecule has 1 aromatic heterocycles. The van der Waals surface area contributed by atoms with E-state index in [0.717, 1.165) is 22.6 Å². The zero-order valence-electron chi connectivity index (χ0n) is 16.4. The van der Waals surface area contributed by atoms with Crippen LogP contribution in [0.15, 0.2) is 30.3 Å². The molecule has 0 radical (unpaired) electrons. The molecule has 0 saturated carbocycles. The van der Waals surface area contributed by atoms with E-state index < -0.39 is 0 Å². The van der Waals surface area contributed by atoms with Crippen LogP contribution in [-0.4, -0.2) is 58.2 Å². The maximum absolute atomic E-state index is 12.5. The lowest BCUT2D eigenvalue weighted by molar-refractivity contribution is -0.132. The van der Waals surface area contributed by atoms with E-state index in [2.05, 4.69) is 16.5 Å². The van der Waals surface area contributed by atoms with E-state index >= 15 is 0 Å². The molecule has 0 aliphatic carbocycles. The third-order valence-corrected chi connectivity index (χ3v) is 4.89. The van der Waals surface area contributed by atoms with Crippen LogP contribution in [0.25, 0.3) is 5.69 Å². The molecule has 1 fully saturated rings. The van der Waals surface area contributed by atoms with E-state index in [-0.39, 0.29) is 18.0 Å². The van der Waals surface area contributed by atoms with Gasteiger partial charge in [0, 0.05) is 45.3 Å². The Kier molecular flexibility index (Phi) is 5.48. The van der Waals surface area contributed by atoms with Crippen molar-refractivity contribution >= 4 is 11.9 Å². The lowest BCUT2D eigenvalue weighted by atomic mass is 10.1. The van der Waals surface area contributed by atoms with Crippen LogP contribution in [0.2, 0.25) is 0 Å². The highest BCUT2D eigenvalue weighted by Gasteiger charge is 2.25. The van der Waals surface area contributed by atoms with Crippen molar-refractivity contribution in [3.8, 4) is 5.69 Å². The summed E-state index contributed by atoms with van der Waals surface area (Å²) < 4.78 is 1.91. The molecule has 144 valence electrons. The van der Waals surface area contributed by atoms with Gasteiger partial charge in [-0.2, -0.15) is 5.10 Å². The predicted molar refractivity (Wildman–Crippen MR) is 104 cm³/mol. The summed E-state index contributed by atoms with van der Waals surface area (Å²) in [6, 6.07) is 9.97. The van der Waals surface area contributed by atoms with Crippen LogP contribution in [0.3, 0.4) is 0 Å². The SMILES string of the molecule is Cc1cc(C)n(-c2cccc(CN(C)C(=O)N[C@@H]3CCC(=O)N(C)C3)c2)n1. The number of nitrogens with zero attached hydrogens (tertiary/aromatic N) is 4. The molecule has 27 heavy (non-hydrogen) atoms. The largest absolute Gasteiger partial charge is 0.344 e. The van der Waals surface area contributed by atoms with Crippen molar-refractivity contribution in [3.05, 3.63) is 47.3 Å². The van der Waals surface area contributed by atoms with Gasteiger partial charge in [0.1, 0.15) is 0 Å². The summed E-state index contributed by atoms with van der Waals surface area (Å²) in [5.41, 5.74) is 4.07. The fourth-order valence-corrected chi connectivity index (χ4v) is 3.44. The fourth-order valence-electron chi connectivity index (χ4n) is 3.44. The number of likely N-dealkylation sites (tertiary alicyclic amines) is 1. The third kappa shape index (κ3) is 4.48. The molecule has 1 aliphatic heterocycles. The standard InChI is InChI=1S/C20H27N5O2/c1-14-10-15(2)25(22-14)18-7-5-6-16(11-18)12-24(4)20(27)21-17-8-9-19(26)23(3)13-17/h5-7,10-11,17H,8-9,12-13H2,1-4H3,(H,21,27)/t17-/m1/s1. The highest BCUT2D eigenvalue weighted by atomic mass is 16.2. The number of carbonyl (C=O) groups is 2. The summed E-state index contributed by atoms with van der Waals surface area (Å²) in [6.45, 7) is 5.06. The van der Waals surface area contributed by atoms with E-state index in [4.69, 9.17) is 0 Å². The van der Waals surface area contributed by atoms with Crippen molar-refractivity contribution in [2.45, 2.75) is 39.3 Å². The molecular formula is C20H27N5O2. The number of carbonyl (C=O) groups excluding carboxylic acids is 2. The minimum atomic E-state index is -0.126. The first-order chi connectivity index (χ1) is 12.8. The Hall–Kier alpha value is -2.83. The van der Waals surface area contributed by atoms with Crippen LogP contribution < -0.4 is 5.32 Å². The highest BCUT2D eigenvalue weighted by Crippen LogP contribution is 2.15. The average molecular weight is 369 g/mol. The number of hydrogen-bond acceptors (Lipinski definition) is 3. The molecule has 0 bridgehead atoms. The number of aromatic nitrogens is 2. The van der Waals surface area contributed by atoms with Crippen molar-refractivity contribution in [2.24, 2.45) is 0 Å². The minimum absolute atomic E-state index is 0.00341. The smallest absolute Gasteiger partial charge is 0.317 e. The summed E-state index contributed by atoms with van der Waals surface area (Å²) in [6.07, 6.45) is 1.17. The lowest BCUT2D eigenvalue weighted by Gasteiger charge is -2.31. The van der Waals surface area contributed by atoms with Gasteiger partial charge in [0.05, 0.1) is 11.4 Å².